The fourth-order valence-corrected chi connectivity index (χ4v) is 0. The molecule has 1 amide bonds. The number of carbonyl (C=O) groups is 1. The first kappa shape index (κ1) is 24.4. The molecule has 0 aliphatic heterocycles. The number of carbonyl (C=O) groups excluding carboxylic acids is 1. The van der Waals surface area contributed by atoms with Crippen LogP contribution in [0.1, 0.15) is 0 Å². The molecule has 0 aliphatic carbocycles. The molecule has 0 aromatic heterocycles. The molecule has 0 rings (SSSR count). The van der Waals surface area contributed by atoms with Crippen molar-refractivity contribution in [3.8, 4) is 0 Å². The topological polar surface area (TPSA) is 43.1 Å². The minimum atomic E-state index is 0. The number of primary amides is 1. The van der Waals surface area contributed by atoms with Gasteiger partial charge in [0.25, 0.3) is 0 Å². The molecule has 0 aromatic rings. The van der Waals surface area contributed by atoms with Gasteiger partial charge in [-0.2, -0.15) is 0 Å². The van der Waals surface area contributed by atoms with E-state index in [4.69, 9.17) is 4.79 Å². The van der Waals surface area contributed by atoms with Gasteiger partial charge in [-0.1, -0.05) is 0 Å². The molecule has 0 radical (unpaired) electrons. The molecule has 2 N–H and O–H groups in total. The number of amides is 1. The molecule has 36 valence electrons. The van der Waals surface area contributed by atoms with E-state index in [1.807, 2.05) is 0 Å². The van der Waals surface area contributed by atoms with Gasteiger partial charge in [0, 0.05) is 0 Å². The zero-order valence-electron chi connectivity index (χ0n) is 2.38. The van der Waals surface area contributed by atoms with Crippen LogP contribution in [0.15, 0.2) is 0 Å². The molecule has 0 heterocycles. The average molecular weight is 247 g/mol. The van der Waals surface area contributed by atoms with Gasteiger partial charge in [0.1, 0.15) is 0 Å². The molecule has 0 spiro atoms. The first-order valence-corrected chi connectivity index (χ1v) is 0.569. The van der Waals surface area contributed by atoms with Crippen molar-refractivity contribution in [2.75, 3.05) is 0 Å². The second-order valence-corrected chi connectivity index (χ2v) is 0.136. The molecular formula is CH6Br2KNO. The van der Waals surface area contributed by atoms with E-state index < -0.39 is 0 Å². The first-order chi connectivity index (χ1) is 1.41. The van der Waals surface area contributed by atoms with Gasteiger partial charge in [0.15, 0.2) is 0 Å². The average Bonchev–Trinajstić information content (AvgIpc) is 0.918. The second kappa shape index (κ2) is 27.7. The van der Waals surface area contributed by atoms with Crippen LogP contribution >= 0.6 is 34.0 Å². The maximum absolute atomic E-state index is 8.58. The predicted octanol–water partition coefficient (Wildman–Crippen LogP) is -0.391. The molecule has 0 saturated carbocycles. The molecule has 0 aromatic carbocycles. The molecular weight excluding hydrogens is 241 g/mol. The molecule has 0 atom stereocenters. The number of rotatable bonds is 0. The zero-order valence-corrected chi connectivity index (χ0v) is 5.81. The van der Waals surface area contributed by atoms with Crippen LogP contribution in [0.5, 0.6) is 0 Å². The summed E-state index contributed by atoms with van der Waals surface area (Å²) in [5.41, 5.74) is 4.17. The van der Waals surface area contributed by atoms with Crippen LogP contribution in [-0.2, 0) is 4.79 Å². The fraction of sp³-hybridized carbons (Fsp3) is 0. The Bertz CT molecular complexity index is 21.0. The van der Waals surface area contributed by atoms with E-state index in [0.29, 0.717) is 0 Å². The van der Waals surface area contributed by atoms with E-state index in [1.54, 1.807) is 0 Å². The summed E-state index contributed by atoms with van der Waals surface area (Å²) in [6.45, 7) is 0. The van der Waals surface area contributed by atoms with Crippen LogP contribution in [-0.4, -0.2) is 57.8 Å². The van der Waals surface area contributed by atoms with Crippen molar-refractivity contribution in [1.29, 1.82) is 0 Å². The molecule has 0 fully saturated rings. The van der Waals surface area contributed by atoms with Gasteiger partial charge >= 0.3 is 51.4 Å². The SMILES string of the molecule is Br.Br.NC=O.[KH]. The van der Waals surface area contributed by atoms with Gasteiger partial charge in [-0.15, -0.1) is 34.0 Å². The number of nitrogens with two attached hydrogens (primary N) is 1. The van der Waals surface area contributed by atoms with Crippen molar-refractivity contribution in [1.82, 2.24) is 0 Å². The Kier molecular flexibility index (Phi) is 112. The van der Waals surface area contributed by atoms with Gasteiger partial charge in [0.05, 0.1) is 0 Å². The van der Waals surface area contributed by atoms with Gasteiger partial charge in [-0.3, -0.25) is 4.79 Å². The van der Waals surface area contributed by atoms with Crippen molar-refractivity contribution in [2.24, 2.45) is 5.73 Å². The minimum absolute atomic E-state index is 0. The molecule has 0 bridgehead atoms. The summed E-state index contributed by atoms with van der Waals surface area (Å²) in [4.78, 5) is 8.58. The van der Waals surface area contributed by atoms with Crippen molar-refractivity contribution < 1.29 is 4.79 Å². The Morgan fingerprint density at radius 1 is 1.33 bits per heavy atom. The van der Waals surface area contributed by atoms with Crippen molar-refractivity contribution in [3.63, 3.8) is 0 Å². The first-order valence-electron chi connectivity index (χ1n) is 0.569. The Hall–Kier alpha value is 2.07. The molecule has 0 aliphatic rings. The Labute approximate surface area is 100 Å². The van der Waals surface area contributed by atoms with E-state index in [0.717, 1.165) is 0 Å². The molecule has 0 unspecified atom stereocenters. The monoisotopic (exact) mass is 245 g/mol. The van der Waals surface area contributed by atoms with Crippen molar-refractivity contribution in [3.05, 3.63) is 0 Å². The van der Waals surface area contributed by atoms with Gasteiger partial charge < -0.3 is 5.73 Å². The van der Waals surface area contributed by atoms with E-state index in [-0.39, 0.29) is 91.8 Å². The van der Waals surface area contributed by atoms with E-state index in [2.05, 4.69) is 5.73 Å². The van der Waals surface area contributed by atoms with Crippen LogP contribution < -0.4 is 5.73 Å². The summed E-state index contributed by atoms with van der Waals surface area (Å²) >= 11 is 0. The Balaban J connectivity index is -0.00000000667. The van der Waals surface area contributed by atoms with Crippen LogP contribution in [0.3, 0.4) is 0 Å². The quantitative estimate of drug-likeness (QED) is 0.459. The third-order valence-electron chi connectivity index (χ3n) is 0. The van der Waals surface area contributed by atoms with E-state index in [9.17, 15) is 0 Å². The molecule has 5 heteroatoms. The summed E-state index contributed by atoms with van der Waals surface area (Å²) in [6, 6.07) is 0. The number of hydrogen-bond donors (Lipinski definition) is 1. The normalized spacial score (nSPS) is 2.00. The molecule has 2 nitrogen and oxygen atoms in total. The Morgan fingerprint density at radius 2 is 1.33 bits per heavy atom. The summed E-state index contributed by atoms with van der Waals surface area (Å²) in [5, 5.41) is 0. The summed E-state index contributed by atoms with van der Waals surface area (Å²) in [5.74, 6) is 0. The standard InChI is InChI=1S/CH3NO.2BrH.K.H/c2-1-3;;;;/h1H,(H2,2,3);2*1H;;. The van der Waals surface area contributed by atoms with E-state index in [1.165, 1.54) is 0 Å². The molecule has 0 saturated heterocycles. The van der Waals surface area contributed by atoms with Crippen LogP contribution in [0.25, 0.3) is 0 Å². The van der Waals surface area contributed by atoms with Crippen molar-refractivity contribution in [2.45, 2.75) is 0 Å². The van der Waals surface area contributed by atoms with Crippen molar-refractivity contribution >= 4 is 91.8 Å². The van der Waals surface area contributed by atoms with Crippen LogP contribution in [0.4, 0.5) is 0 Å². The summed E-state index contributed by atoms with van der Waals surface area (Å²) in [6.07, 6.45) is 0.250. The number of halogens is 2. The maximum atomic E-state index is 8.58. The molecule has 6 heavy (non-hydrogen) atoms. The zero-order chi connectivity index (χ0) is 2.71. The van der Waals surface area contributed by atoms with Gasteiger partial charge in [-0.25, -0.2) is 0 Å². The third kappa shape index (κ3) is 36.5. The summed E-state index contributed by atoms with van der Waals surface area (Å²) < 4.78 is 0. The summed E-state index contributed by atoms with van der Waals surface area (Å²) in [7, 11) is 0. The predicted molar refractivity (Wildman–Crippen MR) is 38.0 cm³/mol. The second-order valence-electron chi connectivity index (χ2n) is 0.136. The van der Waals surface area contributed by atoms with Crippen LogP contribution in [0.2, 0.25) is 0 Å². The van der Waals surface area contributed by atoms with Crippen LogP contribution in [0, 0.1) is 0 Å². The van der Waals surface area contributed by atoms with Gasteiger partial charge in [0.2, 0.25) is 6.41 Å². The fourth-order valence-electron chi connectivity index (χ4n) is 0. The van der Waals surface area contributed by atoms with Gasteiger partial charge in [-0.05, 0) is 0 Å². The third-order valence-corrected chi connectivity index (χ3v) is 0. The number of hydrogen-bond acceptors (Lipinski definition) is 1. The Morgan fingerprint density at radius 3 is 1.33 bits per heavy atom. The van der Waals surface area contributed by atoms with E-state index >= 15 is 0 Å².